The summed E-state index contributed by atoms with van der Waals surface area (Å²) in [5, 5.41) is 3.27. The van der Waals surface area contributed by atoms with E-state index in [0.717, 1.165) is 11.5 Å². The first kappa shape index (κ1) is 14.1. The molecule has 0 radical (unpaired) electrons. The van der Waals surface area contributed by atoms with Crippen LogP contribution in [0.15, 0.2) is 55.0 Å². The number of pyridine rings is 1. The van der Waals surface area contributed by atoms with Gasteiger partial charge in [0.2, 0.25) is 0 Å². The average molecular weight is 305 g/mol. The number of amides is 1. The molecule has 0 spiro atoms. The van der Waals surface area contributed by atoms with Gasteiger partial charge in [0, 0.05) is 17.8 Å². The van der Waals surface area contributed by atoms with Crippen LogP contribution in [0, 0.1) is 0 Å². The molecule has 2 heterocycles. The first-order valence-corrected chi connectivity index (χ1v) is 6.35. The monoisotopic (exact) mass is 305 g/mol. The van der Waals surface area contributed by atoms with Crippen LogP contribution in [-0.4, -0.2) is 15.6 Å². The number of hydrogen-bond acceptors (Lipinski definition) is 2. The zero-order chi connectivity index (χ0) is 15.7. The summed E-state index contributed by atoms with van der Waals surface area (Å²) in [5.41, 5.74) is -0.264. The molecule has 2 aromatic heterocycles. The largest absolute Gasteiger partial charge is 0.417 e. The van der Waals surface area contributed by atoms with Gasteiger partial charge in [-0.25, -0.2) is 4.79 Å². The Kier molecular flexibility index (Phi) is 3.32. The van der Waals surface area contributed by atoms with Gasteiger partial charge in [-0.1, -0.05) is 18.2 Å². The Labute approximate surface area is 123 Å². The first-order valence-electron chi connectivity index (χ1n) is 6.35. The van der Waals surface area contributed by atoms with Gasteiger partial charge < -0.3 is 5.32 Å². The molecule has 0 atom stereocenters. The molecule has 1 N–H and O–H groups in total. The van der Waals surface area contributed by atoms with E-state index in [1.54, 1.807) is 24.4 Å². The third kappa shape index (κ3) is 2.65. The van der Waals surface area contributed by atoms with Gasteiger partial charge in [-0.05, 0) is 18.2 Å². The molecule has 3 rings (SSSR count). The Balaban J connectivity index is 1.89. The summed E-state index contributed by atoms with van der Waals surface area (Å²) in [7, 11) is 0. The number of benzene rings is 1. The third-order valence-corrected chi connectivity index (χ3v) is 3.14. The number of nitrogens with one attached hydrogen (secondary N) is 1. The smallest absolute Gasteiger partial charge is 0.306 e. The van der Waals surface area contributed by atoms with Gasteiger partial charge >= 0.3 is 12.2 Å². The average Bonchev–Trinajstić information content (AvgIpc) is 2.90. The van der Waals surface area contributed by atoms with Crippen molar-refractivity contribution in [3.63, 3.8) is 0 Å². The molecule has 0 saturated heterocycles. The summed E-state index contributed by atoms with van der Waals surface area (Å²) in [4.78, 5) is 15.7. The second kappa shape index (κ2) is 5.18. The summed E-state index contributed by atoms with van der Waals surface area (Å²) in [6, 6.07) is 9.24. The van der Waals surface area contributed by atoms with Crippen LogP contribution in [0.1, 0.15) is 5.56 Å². The second-order valence-electron chi connectivity index (χ2n) is 4.63. The number of para-hydroxylation sites is 1. The lowest BCUT2D eigenvalue weighted by atomic mass is 10.2. The molecule has 0 unspecified atom stereocenters. The van der Waals surface area contributed by atoms with Gasteiger partial charge in [0.1, 0.15) is 0 Å². The third-order valence-electron chi connectivity index (χ3n) is 3.14. The number of fused-ring (bicyclic) bond motifs is 1. The summed E-state index contributed by atoms with van der Waals surface area (Å²) >= 11 is 0. The Hall–Kier alpha value is -2.83. The minimum atomic E-state index is -4.51. The fourth-order valence-corrected chi connectivity index (χ4v) is 2.11. The molecule has 0 fully saturated rings. The topological polar surface area (TPSA) is 46.9 Å². The molecule has 0 aliphatic carbocycles. The van der Waals surface area contributed by atoms with Crippen molar-refractivity contribution in [1.29, 1.82) is 0 Å². The number of nitrogens with zero attached hydrogens (tertiary/aromatic N) is 2. The fraction of sp³-hybridized carbons (Fsp3) is 0.0667. The molecule has 0 saturated carbocycles. The summed E-state index contributed by atoms with van der Waals surface area (Å²) in [6.45, 7) is 0. The van der Waals surface area contributed by atoms with Crippen molar-refractivity contribution in [1.82, 2.24) is 9.55 Å². The molecule has 0 aliphatic rings. The molecule has 7 heteroatoms. The van der Waals surface area contributed by atoms with E-state index in [1.165, 1.54) is 10.8 Å². The van der Waals surface area contributed by atoms with Crippen LogP contribution in [0.25, 0.3) is 10.9 Å². The highest BCUT2D eigenvalue weighted by molar-refractivity contribution is 5.98. The number of carbonyl (C=O) groups excluding carboxylic acids is 1. The van der Waals surface area contributed by atoms with Crippen LogP contribution in [0.5, 0.6) is 0 Å². The summed E-state index contributed by atoms with van der Waals surface area (Å²) in [6.07, 6.45) is -1.07. The van der Waals surface area contributed by atoms with Crippen LogP contribution in [0.2, 0.25) is 0 Å². The molecule has 22 heavy (non-hydrogen) atoms. The van der Waals surface area contributed by atoms with E-state index in [-0.39, 0.29) is 5.69 Å². The Morgan fingerprint density at radius 3 is 2.68 bits per heavy atom. The maximum absolute atomic E-state index is 12.6. The van der Waals surface area contributed by atoms with E-state index in [4.69, 9.17) is 0 Å². The SMILES string of the molecule is O=C(Nc1cncc(C(F)(F)F)c1)n1ccc2ccccc21. The van der Waals surface area contributed by atoms with Crippen molar-refractivity contribution < 1.29 is 18.0 Å². The standard InChI is InChI=1S/C15H10F3N3O/c16-15(17,18)11-7-12(9-19-8-11)20-14(22)21-6-5-10-3-1-2-4-13(10)21/h1-9H,(H,20,22). The van der Waals surface area contributed by atoms with Crippen LogP contribution in [0.4, 0.5) is 23.7 Å². The van der Waals surface area contributed by atoms with Crippen molar-refractivity contribution in [2.45, 2.75) is 6.18 Å². The zero-order valence-corrected chi connectivity index (χ0v) is 11.1. The lowest BCUT2D eigenvalue weighted by Gasteiger charge is -2.10. The highest BCUT2D eigenvalue weighted by Gasteiger charge is 2.31. The number of aromatic nitrogens is 2. The fourth-order valence-electron chi connectivity index (χ4n) is 2.11. The summed E-state index contributed by atoms with van der Waals surface area (Å²) < 4.78 is 39.2. The van der Waals surface area contributed by atoms with E-state index in [1.807, 2.05) is 12.1 Å². The number of carbonyl (C=O) groups is 1. The Morgan fingerprint density at radius 2 is 1.91 bits per heavy atom. The quantitative estimate of drug-likeness (QED) is 0.734. The van der Waals surface area contributed by atoms with Gasteiger partial charge in [-0.15, -0.1) is 0 Å². The van der Waals surface area contributed by atoms with Gasteiger partial charge in [-0.3, -0.25) is 9.55 Å². The van der Waals surface area contributed by atoms with Gasteiger partial charge in [0.25, 0.3) is 0 Å². The Morgan fingerprint density at radius 1 is 1.14 bits per heavy atom. The number of hydrogen-bond donors (Lipinski definition) is 1. The van der Waals surface area contributed by atoms with Crippen molar-refractivity contribution in [2.24, 2.45) is 0 Å². The highest BCUT2D eigenvalue weighted by atomic mass is 19.4. The van der Waals surface area contributed by atoms with Crippen LogP contribution < -0.4 is 5.32 Å². The minimum absolute atomic E-state index is 0.0161. The molecule has 1 aromatic carbocycles. The maximum atomic E-state index is 12.6. The molecular weight excluding hydrogens is 295 g/mol. The van der Waals surface area contributed by atoms with Gasteiger partial charge in [0.05, 0.1) is 23.0 Å². The number of anilines is 1. The molecule has 1 amide bonds. The predicted octanol–water partition coefficient (Wildman–Crippen LogP) is 4.14. The van der Waals surface area contributed by atoms with E-state index in [2.05, 4.69) is 10.3 Å². The molecule has 0 aliphatic heterocycles. The molecule has 0 bridgehead atoms. The van der Waals surface area contributed by atoms with Crippen molar-refractivity contribution in [3.8, 4) is 0 Å². The van der Waals surface area contributed by atoms with E-state index < -0.39 is 17.8 Å². The molecule has 3 aromatic rings. The lowest BCUT2D eigenvalue weighted by molar-refractivity contribution is -0.137. The number of halogens is 3. The van der Waals surface area contributed by atoms with Gasteiger partial charge in [-0.2, -0.15) is 13.2 Å². The van der Waals surface area contributed by atoms with Crippen molar-refractivity contribution >= 4 is 22.6 Å². The normalized spacial score (nSPS) is 11.6. The number of rotatable bonds is 1. The second-order valence-corrected chi connectivity index (χ2v) is 4.63. The molecule has 4 nitrogen and oxygen atoms in total. The predicted molar refractivity (Wildman–Crippen MR) is 75.6 cm³/mol. The van der Waals surface area contributed by atoms with Crippen molar-refractivity contribution in [2.75, 3.05) is 5.32 Å². The highest BCUT2D eigenvalue weighted by Crippen LogP contribution is 2.30. The molecular formula is C15H10F3N3O. The van der Waals surface area contributed by atoms with Crippen LogP contribution >= 0.6 is 0 Å². The first-order chi connectivity index (χ1) is 10.4. The lowest BCUT2D eigenvalue weighted by Crippen LogP contribution is -2.19. The number of alkyl halides is 3. The minimum Gasteiger partial charge on any atom is -0.306 e. The zero-order valence-electron chi connectivity index (χ0n) is 11.1. The summed E-state index contributed by atoms with van der Waals surface area (Å²) in [5.74, 6) is 0. The Bertz CT molecular complexity index is 839. The van der Waals surface area contributed by atoms with Crippen LogP contribution in [-0.2, 0) is 6.18 Å². The van der Waals surface area contributed by atoms with E-state index in [9.17, 15) is 18.0 Å². The van der Waals surface area contributed by atoms with Crippen molar-refractivity contribution in [3.05, 3.63) is 60.6 Å². The van der Waals surface area contributed by atoms with Crippen LogP contribution in [0.3, 0.4) is 0 Å². The maximum Gasteiger partial charge on any atom is 0.417 e. The van der Waals surface area contributed by atoms with E-state index >= 15 is 0 Å². The van der Waals surface area contributed by atoms with Gasteiger partial charge in [0.15, 0.2) is 0 Å². The van der Waals surface area contributed by atoms with E-state index in [0.29, 0.717) is 11.7 Å². The molecule has 112 valence electrons.